The van der Waals surface area contributed by atoms with Gasteiger partial charge in [-0.05, 0) is 6.07 Å². The third-order valence-electron chi connectivity index (χ3n) is 3.68. The van der Waals surface area contributed by atoms with Crippen LogP contribution in [0.5, 0.6) is 0 Å². The molecule has 0 bridgehead atoms. The number of hydrogen-bond acceptors (Lipinski definition) is 5. The van der Waals surface area contributed by atoms with Gasteiger partial charge in [0, 0.05) is 39.4 Å². The second kappa shape index (κ2) is 6.05. The first kappa shape index (κ1) is 16.4. The minimum atomic E-state index is -3.46. The lowest BCUT2D eigenvalue weighted by molar-refractivity contribution is -0.122. The van der Waals surface area contributed by atoms with Crippen molar-refractivity contribution in [2.75, 3.05) is 32.4 Å². The van der Waals surface area contributed by atoms with Gasteiger partial charge < -0.3 is 10.6 Å². The zero-order valence-electron chi connectivity index (χ0n) is 12.5. The molecule has 9 nitrogen and oxygen atoms in total. The van der Waals surface area contributed by atoms with Gasteiger partial charge in [-0.2, -0.15) is 9.40 Å². The highest BCUT2D eigenvalue weighted by molar-refractivity contribution is 7.88. The van der Waals surface area contributed by atoms with Crippen molar-refractivity contribution in [1.82, 2.24) is 19.0 Å². The van der Waals surface area contributed by atoms with Crippen LogP contribution < -0.4 is 5.73 Å². The van der Waals surface area contributed by atoms with Crippen LogP contribution >= 0.6 is 0 Å². The van der Waals surface area contributed by atoms with Gasteiger partial charge in [0.05, 0.1) is 12.2 Å². The van der Waals surface area contributed by atoms with E-state index in [1.807, 2.05) is 0 Å². The summed E-state index contributed by atoms with van der Waals surface area (Å²) in [6.07, 6.45) is 2.57. The molecule has 1 saturated heterocycles. The number of carbonyl (C=O) groups excluding carboxylic acids is 2. The number of amides is 2. The molecule has 2 amide bonds. The van der Waals surface area contributed by atoms with E-state index in [2.05, 4.69) is 5.10 Å². The van der Waals surface area contributed by atoms with Gasteiger partial charge in [-0.15, -0.1) is 0 Å². The first-order valence-electron chi connectivity index (χ1n) is 6.72. The van der Waals surface area contributed by atoms with E-state index < -0.39 is 21.8 Å². The minimum absolute atomic E-state index is 0.0106. The smallest absolute Gasteiger partial charge is 0.272 e. The summed E-state index contributed by atoms with van der Waals surface area (Å²) < 4.78 is 26.1. The molecule has 0 spiro atoms. The monoisotopic (exact) mass is 329 g/mol. The van der Waals surface area contributed by atoms with Crippen molar-refractivity contribution < 1.29 is 18.0 Å². The molecular formula is C12H19N5O4S. The number of primary amides is 1. The Morgan fingerprint density at radius 1 is 1.32 bits per heavy atom. The molecule has 1 unspecified atom stereocenters. The Kier molecular flexibility index (Phi) is 4.52. The molecular weight excluding hydrogens is 310 g/mol. The van der Waals surface area contributed by atoms with Gasteiger partial charge in [-0.1, -0.05) is 0 Å². The highest BCUT2D eigenvalue weighted by Crippen LogP contribution is 2.15. The number of hydrogen-bond donors (Lipinski definition) is 1. The average Bonchev–Trinajstić information content (AvgIpc) is 2.71. The maximum Gasteiger partial charge on any atom is 0.272 e. The second-order valence-corrected chi connectivity index (χ2v) is 7.29. The summed E-state index contributed by atoms with van der Waals surface area (Å²) in [5, 5.41) is 3.94. The summed E-state index contributed by atoms with van der Waals surface area (Å²) >= 11 is 0. The van der Waals surface area contributed by atoms with Gasteiger partial charge in [0.2, 0.25) is 15.9 Å². The van der Waals surface area contributed by atoms with E-state index in [1.165, 1.54) is 20.1 Å². The molecule has 0 radical (unpaired) electrons. The van der Waals surface area contributed by atoms with Crippen LogP contribution in [0.1, 0.15) is 10.5 Å². The van der Waals surface area contributed by atoms with E-state index in [-0.39, 0.29) is 32.1 Å². The fourth-order valence-electron chi connectivity index (χ4n) is 2.40. The van der Waals surface area contributed by atoms with Gasteiger partial charge in [0.15, 0.2) is 0 Å². The van der Waals surface area contributed by atoms with Gasteiger partial charge in [-0.3, -0.25) is 14.3 Å². The van der Waals surface area contributed by atoms with Crippen LogP contribution in [-0.2, 0) is 21.9 Å². The lowest BCUT2D eigenvalue weighted by Gasteiger charge is -2.22. The van der Waals surface area contributed by atoms with E-state index in [1.54, 1.807) is 13.1 Å². The number of aromatic nitrogens is 2. The SMILES string of the molecule is Cn1nccc1C(=O)N1CCN(S(C)(=O)=O)CC(C(N)=O)C1. The molecule has 1 atom stereocenters. The summed E-state index contributed by atoms with van der Waals surface area (Å²) in [7, 11) is -1.82. The molecule has 0 aromatic carbocycles. The van der Waals surface area contributed by atoms with E-state index >= 15 is 0 Å². The molecule has 2 N–H and O–H groups in total. The lowest BCUT2D eigenvalue weighted by atomic mass is 10.1. The van der Waals surface area contributed by atoms with Crippen LogP contribution in [0.25, 0.3) is 0 Å². The number of nitrogens with two attached hydrogens (primary N) is 1. The fraction of sp³-hybridized carbons (Fsp3) is 0.583. The Hall–Kier alpha value is -1.94. The maximum absolute atomic E-state index is 12.5. The second-order valence-electron chi connectivity index (χ2n) is 5.31. The van der Waals surface area contributed by atoms with Crippen molar-refractivity contribution in [2.45, 2.75) is 0 Å². The summed E-state index contributed by atoms with van der Waals surface area (Å²) in [6, 6.07) is 1.57. The summed E-state index contributed by atoms with van der Waals surface area (Å²) in [4.78, 5) is 25.5. The third kappa shape index (κ3) is 3.45. The number of aryl methyl sites for hydroxylation is 1. The molecule has 2 heterocycles. The lowest BCUT2D eigenvalue weighted by Crippen LogP contribution is -2.41. The zero-order valence-corrected chi connectivity index (χ0v) is 13.3. The quantitative estimate of drug-likeness (QED) is 0.704. The molecule has 0 aliphatic carbocycles. The fourth-order valence-corrected chi connectivity index (χ4v) is 3.26. The molecule has 10 heteroatoms. The van der Waals surface area contributed by atoms with Gasteiger partial charge in [0.1, 0.15) is 5.69 Å². The van der Waals surface area contributed by atoms with Crippen LogP contribution in [0.15, 0.2) is 12.3 Å². The standard InChI is InChI=1S/C12H19N5O4S/c1-15-10(3-4-14-15)12(19)16-5-6-17(22(2,20)21)8-9(7-16)11(13)18/h3-4,9H,5-8H2,1-2H3,(H2,13,18). The van der Waals surface area contributed by atoms with Crippen molar-refractivity contribution in [3.8, 4) is 0 Å². The highest BCUT2D eigenvalue weighted by atomic mass is 32.2. The van der Waals surface area contributed by atoms with Crippen molar-refractivity contribution >= 4 is 21.8 Å². The Morgan fingerprint density at radius 3 is 2.50 bits per heavy atom. The summed E-state index contributed by atoms with van der Waals surface area (Å²) in [5.41, 5.74) is 5.71. The molecule has 2 rings (SSSR count). The van der Waals surface area contributed by atoms with Crippen molar-refractivity contribution in [3.63, 3.8) is 0 Å². The number of sulfonamides is 1. The zero-order chi connectivity index (χ0) is 16.5. The molecule has 1 aliphatic heterocycles. The average molecular weight is 329 g/mol. The van der Waals surface area contributed by atoms with Gasteiger partial charge >= 0.3 is 0 Å². The summed E-state index contributed by atoms with van der Waals surface area (Å²) in [5.74, 6) is -1.67. The third-order valence-corrected chi connectivity index (χ3v) is 4.95. The first-order valence-corrected chi connectivity index (χ1v) is 8.56. The first-order chi connectivity index (χ1) is 10.2. The van der Waals surface area contributed by atoms with Crippen LogP contribution in [0, 0.1) is 5.92 Å². The predicted molar refractivity (Wildman–Crippen MR) is 78.2 cm³/mol. The molecule has 1 aliphatic rings. The highest BCUT2D eigenvalue weighted by Gasteiger charge is 2.33. The predicted octanol–water partition coefficient (Wildman–Crippen LogP) is -1.76. The Bertz CT molecular complexity index is 683. The molecule has 0 saturated carbocycles. The topological polar surface area (TPSA) is 119 Å². The maximum atomic E-state index is 12.5. The number of nitrogens with zero attached hydrogens (tertiary/aromatic N) is 4. The Labute approximate surface area is 128 Å². The Morgan fingerprint density at radius 2 is 2.00 bits per heavy atom. The minimum Gasteiger partial charge on any atom is -0.369 e. The van der Waals surface area contributed by atoms with Gasteiger partial charge in [-0.25, -0.2) is 8.42 Å². The normalized spacial score (nSPS) is 20.6. The van der Waals surface area contributed by atoms with Crippen molar-refractivity contribution in [2.24, 2.45) is 18.7 Å². The van der Waals surface area contributed by atoms with Crippen LogP contribution in [0.3, 0.4) is 0 Å². The van der Waals surface area contributed by atoms with Crippen LogP contribution in [-0.4, -0.2) is 71.7 Å². The largest absolute Gasteiger partial charge is 0.369 e. The van der Waals surface area contributed by atoms with Gasteiger partial charge in [0.25, 0.3) is 5.91 Å². The number of rotatable bonds is 3. The van der Waals surface area contributed by atoms with E-state index in [4.69, 9.17) is 5.73 Å². The molecule has 122 valence electrons. The molecule has 1 aromatic heterocycles. The van der Waals surface area contributed by atoms with Crippen LogP contribution in [0.4, 0.5) is 0 Å². The molecule has 22 heavy (non-hydrogen) atoms. The molecule has 1 fully saturated rings. The molecule has 1 aromatic rings. The van der Waals surface area contributed by atoms with E-state index in [9.17, 15) is 18.0 Å². The number of carbonyl (C=O) groups is 2. The van der Waals surface area contributed by atoms with Crippen LogP contribution in [0.2, 0.25) is 0 Å². The van der Waals surface area contributed by atoms with E-state index in [0.717, 1.165) is 6.26 Å². The van der Waals surface area contributed by atoms with Crippen molar-refractivity contribution in [1.29, 1.82) is 0 Å². The Balaban J connectivity index is 2.25. The van der Waals surface area contributed by atoms with E-state index in [0.29, 0.717) is 5.69 Å². The summed E-state index contributed by atoms with van der Waals surface area (Å²) in [6.45, 7) is 0.405. The van der Waals surface area contributed by atoms with Crippen molar-refractivity contribution in [3.05, 3.63) is 18.0 Å².